The Bertz CT molecular complexity index is 1070. The van der Waals surface area contributed by atoms with Crippen molar-refractivity contribution in [2.75, 3.05) is 13.1 Å². The standard InChI is InChI=1S/C22H23N5O3S/c1-2-26-20(17-9-11-19(12-10-17)27(29)30)23-24-22(26)31-15-16-5-7-18(8-6-16)21(28)25-13-3-4-14-25/h5-12H,2-4,13-15H2,1H3. The molecule has 1 amide bonds. The van der Waals surface area contributed by atoms with Crippen molar-refractivity contribution in [3.8, 4) is 11.4 Å². The molecule has 0 N–H and O–H groups in total. The van der Waals surface area contributed by atoms with Crippen molar-refractivity contribution in [3.05, 3.63) is 69.8 Å². The number of non-ortho nitro benzene ring substituents is 1. The van der Waals surface area contributed by atoms with Crippen LogP contribution in [0.25, 0.3) is 11.4 Å². The predicted octanol–water partition coefficient (Wildman–Crippen LogP) is 4.40. The Balaban J connectivity index is 1.44. The maximum absolute atomic E-state index is 12.5. The molecule has 0 bridgehead atoms. The second kappa shape index (κ2) is 9.30. The van der Waals surface area contributed by atoms with E-state index in [4.69, 9.17) is 0 Å². The quantitative estimate of drug-likeness (QED) is 0.309. The number of carbonyl (C=O) groups excluding carboxylic acids is 1. The van der Waals surface area contributed by atoms with Gasteiger partial charge in [-0.05, 0) is 49.6 Å². The monoisotopic (exact) mass is 437 g/mol. The maximum Gasteiger partial charge on any atom is 0.269 e. The summed E-state index contributed by atoms with van der Waals surface area (Å²) in [4.78, 5) is 24.8. The second-order valence-corrected chi connectivity index (χ2v) is 8.28. The minimum absolute atomic E-state index is 0.0487. The van der Waals surface area contributed by atoms with Crippen LogP contribution in [0.5, 0.6) is 0 Å². The summed E-state index contributed by atoms with van der Waals surface area (Å²) in [7, 11) is 0. The third-order valence-electron chi connectivity index (χ3n) is 5.33. The van der Waals surface area contributed by atoms with Crippen LogP contribution in [-0.4, -0.2) is 43.6 Å². The number of hydrogen-bond acceptors (Lipinski definition) is 6. The highest BCUT2D eigenvalue weighted by atomic mass is 32.2. The summed E-state index contributed by atoms with van der Waals surface area (Å²) in [6, 6.07) is 14.1. The number of thioether (sulfide) groups is 1. The third kappa shape index (κ3) is 4.61. The Morgan fingerprint density at radius 2 is 1.74 bits per heavy atom. The van der Waals surface area contributed by atoms with Crippen molar-refractivity contribution in [1.29, 1.82) is 0 Å². The van der Waals surface area contributed by atoms with Crippen molar-refractivity contribution < 1.29 is 9.72 Å². The van der Waals surface area contributed by atoms with Crippen LogP contribution in [-0.2, 0) is 12.3 Å². The molecule has 0 saturated carbocycles. The fourth-order valence-electron chi connectivity index (χ4n) is 3.62. The van der Waals surface area contributed by atoms with Crippen molar-refractivity contribution in [2.45, 2.75) is 37.2 Å². The zero-order valence-electron chi connectivity index (χ0n) is 17.2. The van der Waals surface area contributed by atoms with E-state index < -0.39 is 4.92 Å². The number of amides is 1. The molecule has 1 fully saturated rings. The number of carbonyl (C=O) groups is 1. The van der Waals surface area contributed by atoms with Crippen molar-refractivity contribution in [2.24, 2.45) is 0 Å². The zero-order valence-corrected chi connectivity index (χ0v) is 18.0. The molecule has 160 valence electrons. The SMILES string of the molecule is CCn1c(SCc2ccc(C(=O)N3CCCC3)cc2)nnc1-c1ccc([N+](=O)[O-])cc1. The van der Waals surface area contributed by atoms with E-state index in [0.29, 0.717) is 18.1 Å². The summed E-state index contributed by atoms with van der Waals surface area (Å²) in [6.45, 7) is 4.40. The molecule has 9 heteroatoms. The highest BCUT2D eigenvalue weighted by Gasteiger charge is 2.19. The van der Waals surface area contributed by atoms with E-state index in [9.17, 15) is 14.9 Å². The Morgan fingerprint density at radius 1 is 1.06 bits per heavy atom. The van der Waals surface area contributed by atoms with Gasteiger partial charge in [0, 0.05) is 48.6 Å². The Morgan fingerprint density at radius 3 is 2.35 bits per heavy atom. The summed E-state index contributed by atoms with van der Waals surface area (Å²) in [5.74, 6) is 1.50. The number of rotatable bonds is 7. The molecule has 4 rings (SSSR count). The van der Waals surface area contributed by atoms with E-state index in [1.54, 1.807) is 23.9 Å². The molecule has 2 aromatic carbocycles. The van der Waals surface area contributed by atoms with Crippen LogP contribution in [0.2, 0.25) is 0 Å². The summed E-state index contributed by atoms with van der Waals surface area (Å²) in [5, 5.41) is 20.3. The van der Waals surface area contributed by atoms with Gasteiger partial charge in [0.05, 0.1) is 4.92 Å². The van der Waals surface area contributed by atoms with Crippen molar-refractivity contribution in [1.82, 2.24) is 19.7 Å². The maximum atomic E-state index is 12.5. The van der Waals surface area contributed by atoms with E-state index in [0.717, 1.165) is 47.8 Å². The summed E-state index contributed by atoms with van der Waals surface area (Å²) < 4.78 is 2.00. The first-order valence-electron chi connectivity index (χ1n) is 10.3. The molecule has 1 saturated heterocycles. The minimum atomic E-state index is -0.417. The molecule has 3 aromatic rings. The average Bonchev–Trinajstić information content (AvgIpc) is 3.47. The van der Waals surface area contributed by atoms with Gasteiger partial charge in [0.1, 0.15) is 0 Å². The number of hydrogen-bond donors (Lipinski definition) is 0. The van der Waals surface area contributed by atoms with Crippen LogP contribution < -0.4 is 0 Å². The van der Waals surface area contributed by atoms with Gasteiger partial charge < -0.3 is 9.47 Å². The van der Waals surface area contributed by atoms with Crippen LogP contribution in [0.4, 0.5) is 5.69 Å². The lowest BCUT2D eigenvalue weighted by atomic mass is 10.1. The van der Waals surface area contributed by atoms with E-state index in [2.05, 4.69) is 10.2 Å². The van der Waals surface area contributed by atoms with Gasteiger partial charge in [-0.25, -0.2) is 0 Å². The van der Waals surface area contributed by atoms with Crippen LogP contribution in [0, 0.1) is 10.1 Å². The fraction of sp³-hybridized carbons (Fsp3) is 0.318. The number of likely N-dealkylation sites (tertiary alicyclic amines) is 1. The summed E-state index contributed by atoms with van der Waals surface area (Å²) in [6.07, 6.45) is 2.17. The number of aromatic nitrogens is 3. The Labute approximate surface area is 184 Å². The summed E-state index contributed by atoms with van der Waals surface area (Å²) in [5.41, 5.74) is 2.67. The lowest BCUT2D eigenvalue weighted by Gasteiger charge is -2.15. The number of benzene rings is 2. The molecule has 1 aliphatic rings. The molecule has 2 heterocycles. The van der Waals surface area contributed by atoms with Gasteiger partial charge in [0.25, 0.3) is 11.6 Å². The van der Waals surface area contributed by atoms with Gasteiger partial charge in [-0.3, -0.25) is 14.9 Å². The number of nitro benzene ring substituents is 1. The van der Waals surface area contributed by atoms with E-state index in [1.165, 1.54) is 12.1 Å². The van der Waals surface area contributed by atoms with Crippen LogP contribution >= 0.6 is 11.8 Å². The molecule has 0 aliphatic carbocycles. The van der Waals surface area contributed by atoms with Crippen LogP contribution in [0.1, 0.15) is 35.7 Å². The Kier molecular flexibility index (Phi) is 6.31. The molecular formula is C22H23N5O3S. The lowest BCUT2D eigenvalue weighted by Crippen LogP contribution is -2.27. The largest absolute Gasteiger partial charge is 0.339 e. The minimum Gasteiger partial charge on any atom is -0.339 e. The number of nitro groups is 1. The first kappa shape index (κ1) is 21.0. The molecule has 31 heavy (non-hydrogen) atoms. The fourth-order valence-corrected chi connectivity index (χ4v) is 4.58. The Hall–Kier alpha value is -3.20. The molecule has 1 aliphatic heterocycles. The summed E-state index contributed by atoms with van der Waals surface area (Å²) >= 11 is 1.57. The van der Waals surface area contributed by atoms with E-state index in [-0.39, 0.29) is 11.6 Å². The third-order valence-corrected chi connectivity index (χ3v) is 6.37. The first-order chi connectivity index (χ1) is 15.1. The van der Waals surface area contributed by atoms with E-state index in [1.807, 2.05) is 40.7 Å². The topological polar surface area (TPSA) is 94.2 Å². The highest BCUT2D eigenvalue weighted by Crippen LogP contribution is 2.27. The molecule has 0 atom stereocenters. The predicted molar refractivity (Wildman–Crippen MR) is 119 cm³/mol. The number of nitrogens with zero attached hydrogens (tertiary/aromatic N) is 5. The molecule has 0 unspecified atom stereocenters. The molecule has 8 nitrogen and oxygen atoms in total. The second-order valence-electron chi connectivity index (χ2n) is 7.34. The van der Waals surface area contributed by atoms with Gasteiger partial charge >= 0.3 is 0 Å². The van der Waals surface area contributed by atoms with Crippen LogP contribution in [0.15, 0.2) is 53.7 Å². The van der Waals surface area contributed by atoms with E-state index >= 15 is 0 Å². The zero-order chi connectivity index (χ0) is 21.8. The highest BCUT2D eigenvalue weighted by molar-refractivity contribution is 7.98. The lowest BCUT2D eigenvalue weighted by molar-refractivity contribution is -0.384. The van der Waals surface area contributed by atoms with Crippen LogP contribution in [0.3, 0.4) is 0 Å². The molecular weight excluding hydrogens is 414 g/mol. The molecule has 0 radical (unpaired) electrons. The smallest absolute Gasteiger partial charge is 0.269 e. The normalized spacial score (nSPS) is 13.5. The molecule has 1 aromatic heterocycles. The van der Waals surface area contributed by atoms with Gasteiger partial charge in [0.15, 0.2) is 11.0 Å². The average molecular weight is 438 g/mol. The van der Waals surface area contributed by atoms with Gasteiger partial charge in [0.2, 0.25) is 0 Å². The van der Waals surface area contributed by atoms with Crippen molar-refractivity contribution >= 4 is 23.4 Å². The van der Waals surface area contributed by atoms with Gasteiger partial charge in [-0.15, -0.1) is 10.2 Å². The first-order valence-corrected chi connectivity index (χ1v) is 11.2. The van der Waals surface area contributed by atoms with Crippen molar-refractivity contribution in [3.63, 3.8) is 0 Å². The van der Waals surface area contributed by atoms with Gasteiger partial charge in [-0.1, -0.05) is 23.9 Å². The molecule has 0 spiro atoms. The van der Waals surface area contributed by atoms with Gasteiger partial charge in [-0.2, -0.15) is 0 Å².